The van der Waals surface area contributed by atoms with Crippen LogP contribution < -0.4 is 0 Å². The molecule has 2 saturated heterocycles. The summed E-state index contributed by atoms with van der Waals surface area (Å²) in [5.41, 5.74) is 4.02. The van der Waals surface area contributed by atoms with Gasteiger partial charge in [-0.05, 0) is 57.2 Å². The molecule has 1 unspecified atom stereocenters. The molecule has 3 heterocycles. The zero-order valence-electron chi connectivity index (χ0n) is 15.7. The van der Waals surface area contributed by atoms with Crippen LogP contribution in [0.3, 0.4) is 0 Å². The van der Waals surface area contributed by atoms with E-state index in [4.69, 9.17) is 9.47 Å². The van der Waals surface area contributed by atoms with Crippen molar-refractivity contribution in [2.24, 2.45) is 0 Å². The molecule has 0 bridgehead atoms. The van der Waals surface area contributed by atoms with Gasteiger partial charge in [0.15, 0.2) is 0 Å². The SMILES string of the molecule is Cc1ccc2[nH]c(C(=O)N3CCC(OCC4CCCO4)CC3)c(C)c2c1. The van der Waals surface area contributed by atoms with E-state index >= 15 is 0 Å². The average molecular weight is 356 g/mol. The van der Waals surface area contributed by atoms with Gasteiger partial charge in [0.05, 0.1) is 18.8 Å². The monoisotopic (exact) mass is 356 g/mol. The summed E-state index contributed by atoms with van der Waals surface area (Å²) < 4.78 is 11.6. The van der Waals surface area contributed by atoms with Crippen molar-refractivity contribution < 1.29 is 14.3 Å². The molecule has 2 aromatic rings. The van der Waals surface area contributed by atoms with Gasteiger partial charge in [-0.25, -0.2) is 0 Å². The lowest BCUT2D eigenvalue weighted by molar-refractivity contribution is -0.0395. The largest absolute Gasteiger partial charge is 0.376 e. The smallest absolute Gasteiger partial charge is 0.270 e. The molecule has 0 radical (unpaired) electrons. The summed E-state index contributed by atoms with van der Waals surface area (Å²) in [6, 6.07) is 6.27. The van der Waals surface area contributed by atoms with Gasteiger partial charge in [-0.15, -0.1) is 0 Å². The third-order valence-corrected chi connectivity index (χ3v) is 5.70. The number of rotatable bonds is 4. The van der Waals surface area contributed by atoms with Crippen molar-refractivity contribution >= 4 is 16.8 Å². The number of aromatic amines is 1. The molecule has 140 valence electrons. The first-order chi connectivity index (χ1) is 12.6. The van der Waals surface area contributed by atoms with Crippen LogP contribution in [-0.4, -0.2) is 54.3 Å². The Balaban J connectivity index is 1.37. The van der Waals surface area contributed by atoms with Gasteiger partial charge < -0.3 is 19.4 Å². The number of carbonyl (C=O) groups excluding carboxylic acids is 1. The molecule has 2 aliphatic heterocycles. The van der Waals surface area contributed by atoms with E-state index in [2.05, 4.69) is 30.1 Å². The minimum absolute atomic E-state index is 0.105. The minimum Gasteiger partial charge on any atom is -0.376 e. The van der Waals surface area contributed by atoms with E-state index in [9.17, 15) is 4.79 Å². The first-order valence-electron chi connectivity index (χ1n) is 9.73. The van der Waals surface area contributed by atoms with Gasteiger partial charge in [-0.3, -0.25) is 4.79 Å². The molecule has 0 spiro atoms. The summed E-state index contributed by atoms with van der Waals surface area (Å²) >= 11 is 0. The molecule has 0 aliphatic carbocycles. The van der Waals surface area contributed by atoms with Crippen LogP contribution >= 0.6 is 0 Å². The van der Waals surface area contributed by atoms with Crippen molar-refractivity contribution in [3.8, 4) is 0 Å². The highest BCUT2D eigenvalue weighted by atomic mass is 16.5. The third-order valence-electron chi connectivity index (χ3n) is 5.70. The summed E-state index contributed by atoms with van der Waals surface area (Å²) in [5.74, 6) is 0.105. The minimum atomic E-state index is 0.105. The van der Waals surface area contributed by atoms with Gasteiger partial charge >= 0.3 is 0 Å². The standard InChI is InChI=1S/C21H28N2O3/c1-14-5-6-19-18(12-14)15(2)20(22-19)21(24)23-9-7-16(8-10-23)26-13-17-4-3-11-25-17/h5-6,12,16-17,22H,3-4,7-11,13H2,1-2H3. The average Bonchev–Trinajstić information content (AvgIpc) is 3.28. The Hall–Kier alpha value is -1.85. The second kappa shape index (κ2) is 7.41. The van der Waals surface area contributed by atoms with Crippen LogP contribution in [0, 0.1) is 13.8 Å². The molecular weight excluding hydrogens is 328 g/mol. The molecule has 26 heavy (non-hydrogen) atoms. The van der Waals surface area contributed by atoms with Gasteiger partial charge in [0, 0.05) is 30.6 Å². The van der Waals surface area contributed by atoms with Crippen LogP contribution in [0.25, 0.3) is 10.9 Å². The Labute approximate surface area is 154 Å². The second-order valence-corrected chi connectivity index (χ2v) is 7.63. The number of carbonyl (C=O) groups is 1. The molecule has 1 N–H and O–H groups in total. The van der Waals surface area contributed by atoms with Gasteiger partial charge in [-0.1, -0.05) is 11.6 Å². The Morgan fingerprint density at radius 3 is 2.81 bits per heavy atom. The highest BCUT2D eigenvalue weighted by Gasteiger charge is 2.27. The van der Waals surface area contributed by atoms with Crippen LogP contribution in [0.4, 0.5) is 0 Å². The van der Waals surface area contributed by atoms with Crippen molar-refractivity contribution in [2.45, 2.75) is 51.7 Å². The molecule has 1 aromatic heterocycles. The lowest BCUT2D eigenvalue weighted by Crippen LogP contribution is -2.41. The summed E-state index contributed by atoms with van der Waals surface area (Å²) in [6.45, 7) is 7.17. The second-order valence-electron chi connectivity index (χ2n) is 7.63. The number of piperidine rings is 1. The number of fused-ring (bicyclic) bond motifs is 1. The third kappa shape index (κ3) is 3.51. The summed E-state index contributed by atoms with van der Waals surface area (Å²) in [4.78, 5) is 18.3. The number of amides is 1. The number of ether oxygens (including phenoxy) is 2. The van der Waals surface area contributed by atoms with E-state index in [0.29, 0.717) is 6.61 Å². The zero-order valence-corrected chi connectivity index (χ0v) is 15.7. The van der Waals surface area contributed by atoms with Crippen LogP contribution in [-0.2, 0) is 9.47 Å². The normalized spacial score (nSPS) is 21.6. The number of nitrogens with one attached hydrogen (secondary N) is 1. The summed E-state index contributed by atoms with van der Waals surface area (Å²) in [6.07, 6.45) is 4.57. The number of benzene rings is 1. The number of hydrogen-bond acceptors (Lipinski definition) is 3. The summed E-state index contributed by atoms with van der Waals surface area (Å²) in [5, 5.41) is 1.14. The maximum Gasteiger partial charge on any atom is 0.270 e. The lowest BCUT2D eigenvalue weighted by atomic mass is 10.1. The van der Waals surface area contributed by atoms with Gasteiger partial charge in [0.1, 0.15) is 5.69 Å². The number of nitrogens with zero attached hydrogens (tertiary/aromatic N) is 1. The fourth-order valence-electron chi connectivity index (χ4n) is 4.06. The number of aromatic nitrogens is 1. The van der Waals surface area contributed by atoms with Crippen LogP contribution in [0.5, 0.6) is 0 Å². The maximum absolute atomic E-state index is 13.0. The Bertz CT molecular complexity index is 784. The van der Waals surface area contributed by atoms with E-state index in [0.717, 1.165) is 67.5 Å². The maximum atomic E-state index is 13.0. The first-order valence-corrected chi connectivity index (χ1v) is 9.73. The number of aryl methyl sites for hydroxylation is 2. The topological polar surface area (TPSA) is 54.6 Å². The van der Waals surface area contributed by atoms with Crippen molar-refractivity contribution in [3.63, 3.8) is 0 Å². The quantitative estimate of drug-likeness (QED) is 0.911. The molecule has 2 fully saturated rings. The molecular formula is C21H28N2O3. The van der Waals surface area contributed by atoms with Crippen molar-refractivity contribution in [1.29, 1.82) is 0 Å². The van der Waals surface area contributed by atoms with E-state index in [1.807, 2.05) is 11.8 Å². The zero-order chi connectivity index (χ0) is 18.1. The molecule has 5 heteroatoms. The fourth-order valence-corrected chi connectivity index (χ4v) is 4.06. The Morgan fingerprint density at radius 1 is 1.27 bits per heavy atom. The molecule has 2 aliphatic rings. The van der Waals surface area contributed by atoms with Crippen LogP contribution in [0.2, 0.25) is 0 Å². The van der Waals surface area contributed by atoms with Gasteiger partial charge in [0.25, 0.3) is 5.91 Å². The van der Waals surface area contributed by atoms with Gasteiger partial charge in [0.2, 0.25) is 0 Å². The summed E-state index contributed by atoms with van der Waals surface area (Å²) in [7, 11) is 0. The molecule has 1 aromatic carbocycles. The highest BCUT2D eigenvalue weighted by Crippen LogP contribution is 2.25. The Kier molecular flexibility index (Phi) is 5.00. The van der Waals surface area contributed by atoms with Crippen molar-refractivity contribution in [2.75, 3.05) is 26.3 Å². The number of H-pyrrole nitrogens is 1. The molecule has 1 atom stereocenters. The Morgan fingerprint density at radius 2 is 2.08 bits per heavy atom. The van der Waals surface area contributed by atoms with Crippen LogP contribution in [0.15, 0.2) is 18.2 Å². The predicted octanol–water partition coefficient (Wildman–Crippen LogP) is 3.58. The molecule has 0 saturated carbocycles. The molecule has 5 nitrogen and oxygen atoms in total. The van der Waals surface area contributed by atoms with Crippen LogP contribution in [0.1, 0.15) is 47.3 Å². The number of likely N-dealkylation sites (tertiary alicyclic amines) is 1. The fraction of sp³-hybridized carbons (Fsp3) is 0.571. The molecule has 1 amide bonds. The van der Waals surface area contributed by atoms with Gasteiger partial charge in [-0.2, -0.15) is 0 Å². The van der Waals surface area contributed by atoms with E-state index in [-0.39, 0.29) is 18.1 Å². The van der Waals surface area contributed by atoms with E-state index in [1.54, 1.807) is 0 Å². The van der Waals surface area contributed by atoms with E-state index in [1.165, 1.54) is 5.56 Å². The van der Waals surface area contributed by atoms with E-state index < -0.39 is 0 Å². The molecule has 4 rings (SSSR count). The number of hydrogen-bond donors (Lipinski definition) is 1. The highest BCUT2D eigenvalue weighted by molar-refractivity contribution is 6.01. The first kappa shape index (κ1) is 17.6. The predicted molar refractivity (Wildman–Crippen MR) is 102 cm³/mol. The van der Waals surface area contributed by atoms with Crippen molar-refractivity contribution in [1.82, 2.24) is 9.88 Å². The van der Waals surface area contributed by atoms with Crippen molar-refractivity contribution in [3.05, 3.63) is 35.0 Å². The lowest BCUT2D eigenvalue weighted by Gasteiger charge is -2.32.